The third-order valence-electron chi connectivity index (χ3n) is 5.57. The number of hydrogen-bond donors (Lipinski definition) is 1. The Kier molecular flexibility index (Phi) is 6.02. The lowest BCUT2D eigenvalue weighted by Crippen LogP contribution is -3.12. The summed E-state index contributed by atoms with van der Waals surface area (Å²) in [5, 5.41) is 12.2. The van der Waals surface area contributed by atoms with E-state index in [1.54, 1.807) is 11.8 Å². The number of likely N-dealkylation sites (N-methyl/N-ethyl adjacent to an activating group) is 1. The van der Waals surface area contributed by atoms with Crippen LogP contribution in [-0.4, -0.2) is 31.1 Å². The highest BCUT2D eigenvalue weighted by atomic mass is 32.2. The Labute approximate surface area is 181 Å². The number of thioether (sulfide) groups is 1. The van der Waals surface area contributed by atoms with Crippen LogP contribution in [0.5, 0.6) is 0 Å². The van der Waals surface area contributed by atoms with E-state index < -0.39 is 6.04 Å². The predicted octanol–water partition coefficient (Wildman–Crippen LogP) is 4.20. The van der Waals surface area contributed by atoms with Gasteiger partial charge in [-0.1, -0.05) is 91.0 Å². The van der Waals surface area contributed by atoms with Crippen molar-refractivity contribution in [2.75, 3.05) is 14.1 Å². The Bertz CT molecular complexity index is 1040. The molecule has 0 saturated carbocycles. The molecule has 30 heavy (non-hydrogen) atoms. The quantitative estimate of drug-likeness (QED) is 0.500. The van der Waals surface area contributed by atoms with Gasteiger partial charge >= 0.3 is 0 Å². The van der Waals surface area contributed by atoms with E-state index in [0.717, 1.165) is 32.1 Å². The second kappa shape index (κ2) is 8.86. The van der Waals surface area contributed by atoms with E-state index in [1.165, 1.54) is 0 Å². The van der Waals surface area contributed by atoms with Gasteiger partial charge in [0.05, 0.1) is 14.1 Å². The van der Waals surface area contributed by atoms with Gasteiger partial charge in [-0.2, -0.15) is 0 Å². The zero-order valence-corrected chi connectivity index (χ0v) is 17.9. The summed E-state index contributed by atoms with van der Waals surface area (Å²) < 4.78 is 0. The van der Waals surface area contributed by atoms with Crippen molar-refractivity contribution in [3.05, 3.63) is 118 Å². The van der Waals surface area contributed by atoms with E-state index in [1.807, 2.05) is 80.8 Å². The van der Waals surface area contributed by atoms with Crippen molar-refractivity contribution < 1.29 is 9.82 Å². The Morgan fingerprint density at radius 2 is 1.30 bits per heavy atom. The first-order chi connectivity index (χ1) is 14.6. The summed E-state index contributed by atoms with van der Waals surface area (Å²) in [5.41, 5.74) is 4.21. The van der Waals surface area contributed by atoms with E-state index in [-0.39, 0.29) is 16.2 Å². The van der Waals surface area contributed by atoms with Gasteiger partial charge in [0.25, 0.3) is 6.04 Å². The SMILES string of the molecule is C[NH+](C)[C@@H]1C(c2ccccc2)=C(c2ccccc2)S[C@@H](c2ccccc2)[C@@H]1[N+](=O)[O-]. The topological polar surface area (TPSA) is 47.6 Å². The first-order valence-corrected chi connectivity index (χ1v) is 11.0. The molecule has 1 aliphatic rings. The van der Waals surface area contributed by atoms with Crippen molar-refractivity contribution in [1.82, 2.24) is 0 Å². The number of benzene rings is 3. The van der Waals surface area contributed by atoms with E-state index in [0.29, 0.717) is 0 Å². The second-order valence-electron chi connectivity index (χ2n) is 7.75. The average Bonchev–Trinajstić information content (AvgIpc) is 2.79. The maximum absolute atomic E-state index is 12.4. The smallest absolute Gasteiger partial charge is 0.284 e. The van der Waals surface area contributed by atoms with Crippen molar-refractivity contribution in [2.45, 2.75) is 17.3 Å². The fourth-order valence-electron chi connectivity index (χ4n) is 4.26. The van der Waals surface area contributed by atoms with Gasteiger partial charge in [-0.3, -0.25) is 10.1 Å². The number of nitrogens with zero attached hydrogens (tertiary/aromatic N) is 1. The van der Waals surface area contributed by atoms with Crippen molar-refractivity contribution in [2.24, 2.45) is 0 Å². The molecule has 4 nitrogen and oxygen atoms in total. The van der Waals surface area contributed by atoms with Gasteiger partial charge in [-0.05, 0) is 16.7 Å². The minimum absolute atomic E-state index is 0.0763. The van der Waals surface area contributed by atoms with Gasteiger partial charge in [0.2, 0.25) is 0 Å². The minimum Gasteiger partial charge on any atom is -0.328 e. The van der Waals surface area contributed by atoms with Crippen LogP contribution < -0.4 is 4.90 Å². The van der Waals surface area contributed by atoms with Crippen LogP contribution in [0.3, 0.4) is 0 Å². The average molecular weight is 418 g/mol. The third-order valence-corrected chi connectivity index (χ3v) is 7.06. The monoisotopic (exact) mass is 417 g/mol. The number of quaternary nitrogens is 1. The van der Waals surface area contributed by atoms with Crippen molar-refractivity contribution in [3.8, 4) is 0 Å². The molecule has 0 saturated heterocycles. The summed E-state index contributed by atoms with van der Waals surface area (Å²) in [5.74, 6) is 0. The maximum Gasteiger partial charge on any atom is 0.284 e. The summed E-state index contributed by atoms with van der Waals surface area (Å²) in [6.45, 7) is 0. The Balaban J connectivity index is 1.99. The van der Waals surface area contributed by atoms with Crippen LogP contribution in [0, 0.1) is 10.1 Å². The highest BCUT2D eigenvalue weighted by Crippen LogP contribution is 2.52. The summed E-state index contributed by atoms with van der Waals surface area (Å²) in [6, 6.07) is 29.3. The van der Waals surface area contributed by atoms with Gasteiger partial charge in [0, 0.05) is 15.4 Å². The predicted molar refractivity (Wildman–Crippen MR) is 124 cm³/mol. The number of nitro groups is 1. The van der Waals surface area contributed by atoms with Crippen LogP contribution in [0.1, 0.15) is 21.9 Å². The van der Waals surface area contributed by atoms with Crippen LogP contribution in [-0.2, 0) is 0 Å². The van der Waals surface area contributed by atoms with Gasteiger partial charge < -0.3 is 4.90 Å². The molecule has 1 heterocycles. The molecule has 0 aliphatic carbocycles. The van der Waals surface area contributed by atoms with Crippen molar-refractivity contribution in [1.29, 1.82) is 0 Å². The molecule has 1 N–H and O–H groups in total. The van der Waals surface area contributed by atoms with Gasteiger partial charge in [0.15, 0.2) is 6.04 Å². The molecule has 5 heteroatoms. The fourth-order valence-corrected chi connectivity index (χ4v) is 5.85. The molecule has 0 spiro atoms. The van der Waals surface area contributed by atoms with Crippen LogP contribution in [0.25, 0.3) is 10.5 Å². The van der Waals surface area contributed by atoms with Crippen LogP contribution in [0.4, 0.5) is 0 Å². The molecule has 0 amide bonds. The molecule has 0 unspecified atom stereocenters. The third kappa shape index (κ3) is 3.91. The molecule has 0 radical (unpaired) electrons. The molecule has 0 aromatic heterocycles. The highest BCUT2D eigenvalue weighted by molar-refractivity contribution is 8.08. The van der Waals surface area contributed by atoms with Crippen LogP contribution in [0.2, 0.25) is 0 Å². The normalized spacial score (nSPS) is 21.6. The summed E-state index contributed by atoms with van der Waals surface area (Å²) in [6.07, 6.45) is 0. The molecule has 1 aliphatic heterocycles. The molecule has 3 atom stereocenters. The first kappa shape index (κ1) is 20.4. The molecular weight excluding hydrogens is 392 g/mol. The lowest BCUT2D eigenvalue weighted by atomic mass is 9.86. The van der Waals surface area contributed by atoms with Gasteiger partial charge in [-0.15, -0.1) is 11.8 Å². The molecule has 0 bridgehead atoms. The van der Waals surface area contributed by atoms with Crippen LogP contribution in [0.15, 0.2) is 91.0 Å². The van der Waals surface area contributed by atoms with E-state index in [4.69, 9.17) is 0 Å². The first-order valence-electron chi connectivity index (χ1n) is 10.1. The lowest BCUT2D eigenvalue weighted by Gasteiger charge is -2.37. The molecule has 3 aromatic carbocycles. The largest absolute Gasteiger partial charge is 0.328 e. The van der Waals surface area contributed by atoms with E-state index >= 15 is 0 Å². The number of nitrogens with one attached hydrogen (secondary N) is 1. The lowest BCUT2D eigenvalue weighted by molar-refractivity contribution is -0.890. The molecule has 0 fully saturated rings. The van der Waals surface area contributed by atoms with E-state index in [9.17, 15) is 10.1 Å². The Morgan fingerprint density at radius 3 is 1.80 bits per heavy atom. The highest BCUT2D eigenvalue weighted by Gasteiger charge is 2.51. The molecule has 4 rings (SSSR count). The van der Waals surface area contributed by atoms with Gasteiger partial charge in [0.1, 0.15) is 5.25 Å². The summed E-state index contributed by atoms with van der Waals surface area (Å²) in [4.78, 5) is 14.5. The summed E-state index contributed by atoms with van der Waals surface area (Å²) in [7, 11) is 4.04. The molecule has 3 aromatic rings. The van der Waals surface area contributed by atoms with Gasteiger partial charge in [-0.25, -0.2) is 0 Å². The standard InChI is InChI=1S/C25H24N2O2S/c1-26(2)22-21(18-12-6-3-7-13-18)24(19-14-8-4-9-15-19)30-25(23(22)27(28)29)20-16-10-5-11-17-20/h3-17,22-23,25H,1-2H3/p+1/t22-,23-,25+/m1/s1. The second-order valence-corrected chi connectivity index (χ2v) is 8.91. The fraction of sp³-hybridized carbons (Fsp3) is 0.200. The maximum atomic E-state index is 12.4. The van der Waals surface area contributed by atoms with Crippen molar-refractivity contribution in [3.63, 3.8) is 0 Å². The Hall–Kier alpha value is -2.89. The van der Waals surface area contributed by atoms with Crippen molar-refractivity contribution >= 4 is 22.2 Å². The minimum atomic E-state index is -0.731. The zero-order chi connectivity index (χ0) is 21.1. The van der Waals surface area contributed by atoms with Crippen LogP contribution >= 0.6 is 11.8 Å². The molecule has 152 valence electrons. The Morgan fingerprint density at radius 1 is 0.800 bits per heavy atom. The zero-order valence-electron chi connectivity index (χ0n) is 17.1. The number of rotatable bonds is 5. The number of hydrogen-bond acceptors (Lipinski definition) is 3. The molecular formula is C25H25N2O2S+. The summed E-state index contributed by atoms with van der Waals surface area (Å²) >= 11 is 1.62. The van der Waals surface area contributed by atoms with E-state index in [2.05, 4.69) is 24.3 Å².